The van der Waals surface area contributed by atoms with Crippen LogP contribution in [0.2, 0.25) is 5.02 Å². The van der Waals surface area contributed by atoms with Crippen LogP contribution in [-0.2, 0) is 20.6 Å². The van der Waals surface area contributed by atoms with Crippen LogP contribution in [0.25, 0.3) is 0 Å². The number of rotatable bonds is 10. The van der Waals surface area contributed by atoms with Gasteiger partial charge in [0.2, 0.25) is 5.91 Å². The Balaban J connectivity index is 1.61. The molecule has 168 valence electrons. The van der Waals surface area contributed by atoms with Gasteiger partial charge in [0.15, 0.2) is 0 Å². The molecule has 0 aliphatic heterocycles. The smallest absolute Gasteiger partial charge is 0.264 e. The fraction of sp³-hybridized carbons (Fsp3) is 0.174. The summed E-state index contributed by atoms with van der Waals surface area (Å²) >= 11 is 7.52. The molecule has 3 aromatic carbocycles. The fourth-order valence-electron chi connectivity index (χ4n) is 2.86. The Hall–Kier alpha value is -2.55. The highest BCUT2D eigenvalue weighted by Gasteiger charge is 2.27. The first-order chi connectivity index (χ1) is 15.4. The zero-order valence-electron chi connectivity index (χ0n) is 17.1. The van der Waals surface area contributed by atoms with Crippen LogP contribution in [0.4, 0.5) is 10.1 Å². The molecule has 0 saturated heterocycles. The van der Waals surface area contributed by atoms with E-state index in [1.54, 1.807) is 30.0 Å². The van der Waals surface area contributed by atoms with E-state index in [1.165, 1.54) is 24.3 Å². The number of carbonyl (C=O) groups excluding carboxylic acids is 1. The second-order valence-corrected chi connectivity index (χ2v) is 10.2. The molecule has 0 saturated carbocycles. The predicted octanol–water partition coefficient (Wildman–Crippen LogP) is 4.72. The van der Waals surface area contributed by atoms with Crippen LogP contribution in [0, 0.1) is 5.82 Å². The summed E-state index contributed by atoms with van der Waals surface area (Å²) in [6.45, 7) is -0.0234. The van der Waals surface area contributed by atoms with Crippen molar-refractivity contribution in [2.75, 3.05) is 23.1 Å². The molecule has 0 radical (unpaired) electrons. The maximum Gasteiger partial charge on any atom is 0.264 e. The van der Waals surface area contributed by atoms with Gasteiger partial charge in [0.1, 0.15) is 12.4 Å². The van der Waals surface area contributed by atoms with Crippen molar-refractivity contribution in [1.82, 2.24) is 5.32 Å². The molecule has 1 amide bonds. The number of halogens is 2. The summed E-state index contributed by atoms with van der Waals surface area (Å²) in [7, 11) is -4.00. The minimum atomic E-state index is -4.00. The Bertz CT molecular complexity index is 1130. The van der Waals surface area contributed by atoms with Crippen LogP contribution in [0.15, 0.2) is 83.8 Å². The normalized spacial score (nSPS) is 11.2. The minimum Gasteiger partial charge on any atom is -0.354 e. The number of thioether (sulfide) groups is 1. The Morgan fingerprint density at radius 2 is 1.62 bits per heavy atom. The zero-order valence-corrected chi connectivity index (χ0v) is 19.5. The van der Waals surface area contributed by atoms with Crippen LogP contribution in [0.3, 0.4) is 0 Å². The van der Waals surface area contributed by atoms with Crippen LogP contribution < -0.4 is 9.62 Å². The molecule has 0 atom stereocenters. The maximum absolute atomic E-state index is 13.4. The molecule has 5 nitrogen and oxygen atoms in total. The molecular weight excluding hydrogens is 471 g/mol. The summed E-state index contributed by atoms with van der Waals surface area (Å²) in [6, 6.07) is 20.4. The number of hydrogen-bond acceptors (Lipinski definition) is 4. The third kappa shape index (κ3) is 6.72. The number of amides is 1. The third-order valence-corrected chi connectivity index (χ3v) is 7.55. The Kier molecular flexibility index (Phi) is 8.55. The Morgan fingerprint density at radius 3 is 2.28 bits per heavy atom. The second-order valence-electron chi connectivity index (χ2n) is 6.83. The van der Waals surface area contributed by atoms with Gasteiger partial charge >= 0.3 is 0 Å². The van der Waals surface area contributed by atoms with Crippen molar-refractivity contribution in [2.24, 2.45) is 0 Å². The van der Waals surface area contributed by atoms with Crippen LogP contribution in [-0.4, -0.2) is 33.2 Å². The molecule has 0 aromatic heterocycles. The molecule has 3 aromatic rings. The lowest BCUT2D eigenvalue weighted by Crippen LogP contribution is -2.41. The number of nitrogens with one attached hydrogen (secondary N) is 1. The summed E-state index contributed by atoms with van der Waals surface area (Å²) in [5.41, 5.74) is 1.34. The molecule has 3 rings (SSSR count). The van der Waals surface area contributed by atoms with Crippen molar-refractivity contribution in [2.45, 2.75) is 10.6 Å². The summed E-state index contributed by atoms with van der Waals surface area (Å²) < 4.78 is 40.6. The van der Waals surface area contributed by atoms with Gasteiger partial charge in [-0.2, -0.15) is 11.8 Å². The molecule has 0 aliphatic carbocycles. The average molecular weight is 493 g/mol. The molecular formula is C23H22ClFN2O3S2. The van der Waals surface area contributed by atoms with Crippen molar-refractivity contribution in [3.8, 4) is 0 Å². The summed E-state index contributed by atoms with van der Waals surface area (Å²) in [5, 5.41) is 3.43. The van der Waals surface area contributed by atoms with E-state index >= 15 is 0 Å². The number of nitrogens with zero attached hydrogens (tertiary/aromatic N) is 1. The summed E-state index contributed by atoms with van der Waals surface area (Å²) in [4.78, 5) is 12.6. The van der Waals surface area contributed by atoms with Gasteiger partial charge in [-0.1, -0.05) is 41.9 Å². The highest BCUT2D eigenvalue weighted by molar-refractivity contribution is 7.98. The summed E-state index contributed by atoms with van der Waals surface area (Å²) in [6.07, 6.45) is 0. The predicted molar refractivity (Wildman–Crippen MR) is 128 cm³/mol. The molecule has 32 heavy (non-hydrogen) atoms. The first-order valence-corrected chi connectivity index (χ1v) is 12.8. The number of sulfonamides is 1. The number of hydrogen-bond donors (Lipinski definition) is 1. The van der Waals surface area contributed by atoms with E-state index in [1.807, 2.05) is 24.3 Å². The van der Waals surface area contributed by atoms with E-state index < -0.39 is 28.3 Å². The van der Waals surface area contributed by atoms with Crippen LogP contribution in [0.1, 0.15) is 5.56 Å². The van der Waals surface area contributed by atoms with E-state index in [0.29, 0.717) is 17.3 Å². The molecule has 0 unspecified atom stereocenters. The average Bonchev–Trinajstić information content (AvgIpc) is 2.80. The van der Waals surface area contributed by atoms with Gasteiger partial charge in [0.05, 0.1) is 10.6 Å². The summed E-state index contributed by atoms with van der Waals surface area (Å²) in [5.74, 6) is 0.502. The van der Waals surface area contributed by atoms with Crippen molar-refractivity contribution in [3.63, 3.8) is 0 Å². The highest BCUT2D eigenvalue weighted by Crippen LogP contribution is 2.23. The maximum atomic E-state index is 13.4. The van der Waals surface area contributed by atoms with E-state index in [0.717, 1.165) is 27.8 Å². The molecule has 0 fully saturated rings. The quantitative estimate of drug-likeness (QED) is 0.416. The van der Waals surface area contributed by atoms with Crippen LogP contribution >= 0.6 is 23.4 Å². The van der Waals surface area contributed by atoms with E-state index in [9.17, 15) is 17.6 Å². The monoisotopic (exact) mass is 492 g/mol. The molecule has 9 heteroatoms. The van der Waals surface area contributed by atoms with E-state index in [-0.39, 0.29) is 10.6 Å². The first kappa shape index (κ1) is 24.1. The van der Waals surface area contributed by atoms with Gasteiger partial charge in [-0.25, -0.2) is 12.8 Å². The van der Waals surface area contributed by atoms with Gasteiger partial charge in [0.25, 0.3) is 10.0 Å². The van der Waals surface area contributed by atoms with Gasteiger partial charge in [-0.15, -0.1) is 0 Å². The lowest BCUT2D eigenvalue weighted by molar-refractivity contribution is -0.119. The minimum absolute atomic E-state index is 0.0515. The molecule has 0 heterocycles. The van der Waals surface area contributed by atoms with Gasteiger partial charge in [-0.3, -0.25) is 9.10 Å². The second kappa shape index (κ2) is 11.4. The lowest BCUT2D eigenvalue weighted by Gasteiger charge is -2.24. The van der Waals surface area contributed by atoms with E-state index in [2.05, 4.69) is 5.32 Å². The number of anilines is 1. The van der Waals surface area contributed by atoms with Gasteiger partial charge < -0.3 is 5.32 Å². The molecule has 0 aliphatic rings. The van der Waals surface area contributed by atoms with Crippen molar-refractivity contribution >= 4 is 45.0 Å². The Labute approximate surface area is 196 Å². The van der Waals surface area contributed by atoms with E-state index in [4.69, 9.17) is 11.6 Å². The SMILES string of the molecule is O=C(CN(c1ccc(F)cc1)S(=O)(=O)c1ccccc1)NCCSCc1ccc(Cl)cc1. The molecule has 1 N–H and O–H groups in total. The molecule has 0 spiro atoms. The van der Waals surface area contributed by atoms with Crippen molar-refractivity contribution < 1.29 is 17.6 Å². The topological polar surface area (TPSA) is 66.5 Å². The van der Waals surface area contributed by atoms with Gasteiger partial charge in [0, 0.05) is 23.1 Å². The standard InChI is InChI=1S/C23H22ClFN2O3S2/c24-19-8-6-18(7-9-19)17-31-15-14-26-23(28)16-27(21-12-10-20(25)11-13-21)32(29,30)22-4-2-1-3-5-22/h1-13H,14-17H2,(H,26,28). The zero-order chi connectivity index (χ0) is 23.0. The first-order valence-electron chi connectivity index (χ1n) is 9.78. The van der Waals surface area contributed by atoms with Crippen molar-refractivity contribution in [3.05, 3.63) is 95.3 Å². The molecule has 0 bridgehead atoms. The number of carbonyl (C=O) groups is 1. The van der Waals surface area contributed by atoms with Gasteiger partial charge in [-0.05, 0) is 54.1 Å². The fourth-order valence-corrected chi connectivity index (χ4v) is 5.25. The third-order valence-electron chi connectivity index (χ3n) is 4.48. The Morgan fingerprint density at radius 1 is 0.969 bits per heavy atom. The highest BCUT2D eigenvalue weighted by atomic mass is 35.5. The lowest BCUT2D eigenvalue weighted by atomic mass is 10.2. The largest absolute Gasteiger partial charge is 0.354 e. The van der Waals surface area contributed by atoms with Crippen LogP contribution in [0.5, 0.6) is 0 Å². The number of benzene rings is 3. The van der Waals surface area contributed by atoms with Crippen molar-refractivity contribution in [1.29, 1.82) is 0 Å².